The summed E-state index contributed by atoms with van der Waals surface area (Å²) in [5, 5.41) is 4.20. The van der Waals surface area contributed by atoms with Crippen molar-refractivity contribution in [2.24, 2.45) is 0 Å². The van der Waals surface area contributed by atoms with Crippen LogP contribution in [0.15, 0.2) is 34.8 Å². The number of halogens is 1. The largest absolute Gasteiger partial charge is 0.301 e. The maximum absolute atomic E-state index is 12.6. The van der Waals surface area contributed by atoms with Crippen molar-refractivity contribution in [3.05, 3.63) is 34.9 Å². The van der Waals surface area contributed by atoms with Crippen molar-refractivity contribution in [3.8, 4) is 0 Å². The van der Waals surface area contributed by atoms with Crippen LogP contribution in [0.1, 0.15) is 19.3 Å². The van der Waals surface area contributed by atoms with Crippen molar-refractivity contribution in [3.63, 3.8) is 0 Å². The first-order valence-corrected chi connectivity index (χ1v) is 11.1. The highest BCUT2D eigenvalue weighted by Gasteiger charge is 2.29. The minimum Gasteiger partial charge on any atom is -0.301 e. The van der Waals surface area contributed by atoms with E-state index in [9.17, 15) is 8.42 Å². The number of piperazine rings is 1. The van der Waals surface area contributed by atoms with Crippen molar-refractivity contribution in [2.75, 3.05) is 32.7 Å². The third kappa shape index (κ3) is 5.04. The Morgan fingerprint density at radius 2 is 1.84 bits per heavy atom. The molecule has 2 aromatic rings. The van der Waals surface area contributed by atoms with Gasteiger partial charge in [-0.05, 0) is 37.6 Å². The Labute approximate surface area is 158 Å². The third-order valence-electron chi connectivity index (χ3n) is 4.39. The SMILES string of the molecule is O=S(=O)(c1ccc(Cl)s1)N1CCN(CCCCCn2cccn2)CC1. The van der Waals surface area contributed by atoms with Gasteiger partial charge in [0, 0.05) is 45.1 Å². The molecule has 0 amide bonds. The summed E-state index contributed by atoms with van der Waals surface area (Å²) in [4.78, 5) is 2.35. The molecule has 1 aliphatic heterocycles. The van der Waals surface area contributed by atoms with Crippen LogP contribution in [0.5, 0.6) is 0 Å². The molecule has 0 atom stereocenters. The van der Waals surface area contributed by atoms with Crippen LogP contribution in [0.3, 0.4) is 0 Å². The molecule has 2 aromatic heterocycles. The van der Waals surface area contributed by atoms with Gasteiger partial charge in [0.05, 0.1) is 4.34 Å². The lowest BCUT2D eigenvalue weighted by molar-refractivity contribution is 0.185. The maximum Gasteiger partial charge on any atom is 0.252 e. The van der Waals surface area contributed by atoms with Crippen molar-refractivity contribution < 1.29 is 8.42 Å². The minimum atomic E-state index is -3.39. The number of rotatable bonds is 8. The zero-order valence-corrected chi connectivity index (χ0v) is 16.4. The van der Waals surface area contributed by atoms with Gasteiger partial charge in [0.25, 0.3) is 10.0 Å². The standard InChI is InChI=1S/C16H23ClN4O2S2/c17-15-5-6-16(24-15)25(22,23)21-13-11-19(12-14-21)8-2-1-3-9-20-10-4-7-18-20/h4-7,10H,1-3,8-9,11-14H2. The zero-order valence-electron chi connectivity index (χ0n) is 14.1. The molecule has 0 N–H and O–H groups in total. The summed E-state index contributed by atoms with van der Waals surface area (Å²) in [6, 6.07) is 5.17. The Hall–Kier alpha value is -0.930. The van der Waals surface area contributed by atoms with Crippen LogP contribution < -0.4 is 0 Å². The highest BCUT2D eigenvalue weighted by molar-refractivity contribution is 7.91. The number of hydrogen-bond donors (Lipinski definition) is 0. The van der Waals surface area contributed by atoms with Crippen molar-refractivity contribution >= 4 is 33.0 Å². The fraction of sp³-hybridized carbons (Fsp3) is 0.562. The molecular formula is C16H23ClN4O2S2. The van der Waals surface area contributed by atoms with Crippen molar-refractivity contribution in [1.29, 1.82) is 0 Å². The number of hydrogen-bond acceptors (Lipinski definition) is 5. The van der Waals surface area contributed by atoms with Gasteiger partial charge in [0.1, 0.15) is 4.21 Å². The molecule has 3 heterocycles. The summed E-state index contributed by atoms with van der Waals surface area (Å²) >= 11 is 6.99. The number of thiophene rings is 1. The van der Waals surface area contributed by atoms with Gasteiger partial charge in [-0.3, -0.25) is 4.68 Å². The highest BCUT2D eigenvalue weighted by atomic mass is 35.5. The second-order valence-electron chi connectivity index (χ2n) is 6.13. The molecule has 138 valence electrons. The van der Waals surface area contributed by atoms with E-state index in [1.54, 1.807) is 22.6 Å². The van der Waals surface area contributed by atoms with E-state index in [2.05, 4.69) is 10.00 Å². The Balaban J connectivity index is 1.37. The number of sulfonamides is 1. The molecule has 0 saturated carbocycles. The summed E-state index contributed by atoms with van der Waals surface area (Å²) in [7, 11) is -3.39. The maximum atomic E-state index is 12.6. The van der Waals surface area contributed by atoms with Gasteiger partial charge in [0.15, 0.2) is 0 Å². The van der Waals surface area contributed by atoms with E-state index in [4.69, 9.17) is 11.6 Å². The van der Waals surface area contributed by atoms with Gasteiger partial charge in [-0.2, -0.15) is 9.40 Å². The van der Waals surface area contributed by atoms with E-state index in [0.717, 1.165) is 56.8 Å². The number of aryl methyl sites for hydroxylation is 1. The average molecular weight is 403 g/mol. The first-order valence-electron chi connectivity index (χ1n) is 8.51. The monoisotopic (exact) mass is 402 g/mol. The Kier molecular flexibility index (Phi) is 6.51. The fourth-order valence-electron chi connectivity index (χ4n) is 2.98. The predicted molar refractivity (Wildman–Crippen MR) is 101 cm³/mol. The first-order chi connectivity index (χ1) is 12.1. The van der Waals surface area contributed by atoms with Crippen molar-refractivity contribution in [2.45, 2.75) is 30.0 Å². The second kappa shape index (κ2) is 8.64. The Morgan fingerprint density at radius 1 is 1.08 bits per heavy atom. The van der Waals surface area contributed by atoms with E-state index < -0.39 is 10.0 Å². The molecule has 0 bridgehead atoms. The lowest BCUT2D eigenvalue weighted by Gasteiger charge is -2.33. The predicted octanol–water partition coefficient (Wildman–Crippen LogP) is 2.77. The third-order valence-corrected chi connectivity index (χ3v) is 7.99. The summed E-state index contributed by atoms with van der Waals surface area (Å²) in [6.07, 6.45) is 7.20. The zero-order chi connectivity index (χ0) is 17.7. The van der Waals surface area contributed by atoms with E-state index in [1.165, 1.54) is 0 Å². The second-order valence-corrected chi connectivity index (χ2v) is 10.0. The Bertz CT molecular complexity index is 753. The van der Waals surface area contributed by atoms with Crippen LogP contribution in [-0.2, 0) is 16.6 Å². The molecule has 1 saturated heterocycles. The van der Waals surface area contributed by atoms with Gasteiger partial charge < -0.3 is 4.90 Å². The van der Waals surface area contributed by atoms with Crippen LogP contribution in [0.2, 0.25) is 4.34 Å². The lowest BCUT2D eigenvalue weighted by atomic mass is 10.2. The van der Waals surface area contributed by atoms with Gasteiger partial charge in [-0.25, -0.2) is 8.42 Å². The summed E-state index contributed by atoms with van der Waals surface area (Å²) < 4.78 is 29.5. The molecule has 6 nitrogen and oxygen atoms in total. The molecule has 3 rings (SSSR count). The first kappa shape index (κ1) is 18.8. The molecule has 9 heteroatoms. The molecular weight excluding hydrogens is 380 g/mol. The fourth-order valence-corrected chi connectivity index (χ4v) is 6.04. The van der Waals surface area contributed by atoms with E-state index >= 15 is 0 Å². The molecule has 1 aliphatic rings. The molecule has 0 aliphatic carbocycles. The van der Waals surface area contributed by atoms with Crippen LogP contribution in [0, 0.1) is 0 Å². The van der Waals surface area contributed by atoms with Crippen LogP contribution >= 0.6 is 22.9 Å². The van der Waals surface area contributed by atoms with Gasteiger partial charge in [-0.15, -0.1) is 11.3 Å². The molecule has 25 heavy (non-hydrogen) atoms. The van der Waals surface area contributed by atoms with Gasteiger partial charge >= 0.3 is 0 Å². The van der Waals surface area contributed by atoms with E-state index in [0.29, 0.717) is 21.6 Å². The molecule has 0 unspecified atom stereocenters. The molecule has 1 fully saturated rings. The summed E-state index contributed by atoms with van der Waals surface area (Å²) in [5.41, 5.74) is 0. The normalized spacial score (nSPS) is 17.2. The quantitative estimate of drug-likeness (QED) is 0.637. The molecule has 0 aromatic carbocycles. The minimum absolute atomic E-state index is 0.338. The highest BCUT2D eigenvalue weighted by Crippen LogP contribution is 2.28. The number of aromatic nitrogens is 2. The van der Waals surface area contributed by atoms with E-state index in [-0.39, 0.29) is 0 Å². The molecule has 0 spiro atoms. The average Bonchev–Trinajstić information content (AvgIpc) is 3.27. The smallest absolute Gasteiger partial charge is 0.252 e. The van der Waals surface area contributed by atoms with E-state index in [1.807, 2.05) is 16.9 Å². The van der Waals surface area contributed by atoms with Crippen molar-refractivity contribution in [1.82, 2.24) is 19.0 Å². The topological polar surface area (TPSA) is 58.4 Å². The van der Waals surface area contributed by atoms with Crippen LogP contribution in [0.4, 0.5) is 0 Å². The van der Waals surface area contributed by atoms with Crippen LogP contribution in [-0.4, -0.2) is 60.1 Å². The van der Waals surface area contributed by atoms with Gasteiger partial charge in [-0.1, -0.05) is 18.0 Å². The molecule has 0 radical (unpaired) electrons. The lowest BCUT2D eigenvalue weighted by Crippen LogP contribution is -2.48. The Morgan fingerprint density at radius 3 is 2.48 bits per heavy atom. The summed E-state index contributed by atoms with van der Waals surface area (Å²) in [5.74, 6) is 0. The number of nitrogens with zero attached hydrogens (tertiary/aromatic N) is 4. The number of unbranched alkanes of at least 4 members (excludes halogenated alkanes) is 2. The summed E-state index contributed by atoms with van der Waals surface area (Å²) in [6.45, 7) is 4.66. The van der Waals surface area contributed by atoms with Crippen LogP contribution in [0.25, 0.3) is 0 Å². The van der Waals surface area contributed by atoms with Gasteiger partial charge in [0.2, 0.25) is 0 Å².